The fourth-order valence-electron chi connectivity index (χ4n) is 3.59. The van der Waals surface area contributed by atoms with Crippen LogP contribution in [0.25, 0.3) is 11.3 Å². The lowest BCUT2D eigenvalue weighted by Crippen LogP contribution is -2.48. The number of aromatic nitrogens is 2. The lowest BCUT2D eigenvalue weighted by Gasteiger charge is -2.35. The summed E-state index contributed by atoms with van der Waals surface area (Å²) >= 11 is 0. The molecule has 1 aliphatic rings. The van der Waals surface area contributed by atoms with E-state index < -0.39 is 10.0 Å². The van der Waals surface area contributed by atoms with Crippen LogP contribution in [-0.2, 0) is 10.0 Å². The van der Waals surface area contributed by atoms with Crippen molar-refractivity contribution in [3.63, 3.8) is 0 Å². The summed E-state index contributed by atoms with van der Waals surface area (Å²) in [6.07, 6.45) is 1.67. The summed E-state index contributed by atoms with van der Waals surface area (Å²) in [4.78, 5) is 2.51. The van der Waals surface area contributed by atoms with Gasteiger partial charge in [-0.15, -0.1) is 0 Å². The molecule has 0 N–H and O–H groups in total. The number of benzene rings is 2. The van der Waals surface area contributed by atoms with Crippen molar-refractivity contribution in [1.82, 2.24) is 14.1 Å². The number of piperazine rings is 1. The fraction of sp³-hybridized carbons (Fsp3) is 0.318. The summed E-state index contributed by atoms with van der Waals surface area (Å²) in [6, 6.07) is 19.7. The van der Waals surface area contributed by atoms with Crippen molar-refractivity contribution in [3.8, 4) is 11.3 Å². The highest BCUT2D eigenvalue weighted by Crippen LogP contribution is 2.30. The van der Waals surface area contributed by atoms with Crippen LogP contribution in [0.4, 0.5) is 5.69 Å². The molecule has 0 amide bonds. The number of nitrogens with zero attached hydrogens (tertiary/aromatic N) is 4. The van der Waals surface area contributed by atoms with Gasteiger partial charge in [0.15, 0.2) is 0 Å². The first-order valence-electron chi connectivity index (χ1n) is 9.91. The average Bonchev–Trinajstić information content (AvgIpc) is 3.22. The molecular formula is C22H26N4O2S. The maximum absolute atomic E-state index is 13.5. The Balaban J connectivity index is 1.62. The van der Waals surface area contributed by atoms with Crippen LogP contribution in [0.15, 0.2) is 71.8 Å². The summed E-state index contributed by atoms with van der Waals surface area (Å²) in [6.45, 7) is 6.24. The molecule has 7 heteroatoms. The monoisotopic (exact) mass is 410 g/mol. The molecule has 0 radical (unpaired) electrons. The van der Waals surface area contributed by atoms with Gasteiger partial charge in [-0.25, -0.2) is 8.42 Å². The van der Waals surface area contributed by atoms with E-state index in [1.807, 2.05) is 62.4 Å². The zero-order chi connectivity index (χ0) is 20.4. The molecule has 0 atom stereocenters. The molecule has 0 bridgehead atoms. The highest BCUT2D eigenvalue weighted by atomic mass is 32.2. The zero-order valence-corrected chi connectivity index (χ0v) is 17.6. The van der Waals surface area contributed by atoms with Gasteiger partial charge in [-0.05, 0) is 26.0 Å². The first-order valence-corrected chi connectivity index (χ1v) is 11.4. The van der Waals surface area contributed by atoms with Gasteiger partial charge in [0.2, 0.25) is 10.0 Å². The molecule has 6 nitrogen and oxygen atoms in total. The molecule has 152 valence electrons. The van der Waals surface area contributed by atoms with Crippen LogP contribution in [0.3, 0.4) is 0 Å². The Morgan fingerprint density at radius 1 is 0.862 bits per heavy atom. The Labute approximate surface area is 172 Å². The van der Waals surface area contributed by atoms with Crippen molar-refractivity contribution in [2.45, 2.75) is 24.8 Å². The van der Waals surface area contributed by atoms with Gasteiger partial charge in [0.1, 0.15) is 10.6 Å². The molecule has 0 aliphatic carbocycles. The van der Waals surface area contributed by atoms with Crippen molar-refractivity contribution < 1.29 is 8.42 Å². The summed E-state index contributed by atoms with van der Waals surface area (Å²) in [5, 5.41) is 4.60. The average molecular weight is 411 g/mol. The quantitative estimate of drug-likeness (QED) is 0.644. The maximum atomic E-state index is 13.5. The molecule has 4 rings (SSSR count). The molecule has 1 aliphatic heterocycles. The number of sulfonamides is 1. The highest BCUT2D eigenvalue weighted by molar-refractivity contribution is 7.89. The zero-order valence-electron chi connectivity index (χ0n) is 16.8. The molecule has 0 saturated carbocycles. The van der Waals surface area contributed by atoms with Crippen LogP contribution in [0.1, 0.15) is 19.9 Å². The molecule has 1 aromatic heterocycles. The van der Waals surface area contributed by atoms with E-state index in [-0.39, 0.29) is 10.9 Å². The van der Waals surface area contributed by atoms with Crippen molar-refractivity contribution in [2.24, 2.45) is 0 Å². The van der Waals surface area contributed by atoms with Crippen LogP contribution in [-0.4, -0.2) is 48.7 Å². The van der Waals surface area contributed by atoms with E-state index in [2.05, 4.69) is 22.1 Å². The van der Waals surface area contributed by atoms with E-state index in [9.17, 15) is 8.42 Å². The van der Waals surface area contributed by atoms with Gasteiger partial charge in [0.25, 0.3) is 0 Å². The lowest BCUT2D eigenvalue weighted by atomic mass is 10.2. The molecule has 0 unspecified atom stereocenters. The normalized spacial score (nSPS) is 15.8. The number of rotatable bonds is 5. The smallest absolute Gasteiger partial charge is 0.246 e. The predicted molar refractivity (Wildman–Crippen MR) is 115 cm³/mol. The predicted octanol–water partition coefficient (Wildman–Crippen LogP) is 3.64. The first kappa shape index (κ1) is 19.7. The minimum absolute atomic E-state index is 0.0799. The Hall–Kier alpha value is -2.64. The van der Waals surface area contributed by atoms with E-state index >= 15 is 0 Å². The summed E-state index contributed by atoms with van der Waals surface area (Å²) in [7, 11) is -3.64. The number of hydrogen-bond donors (Lipinski definition) is 0. The van der Waals surface area contributed by atoms with Gasteiger partial charge in [-0.3, -0.25) is 4.68 Å². The van der Waals surface area contributed by atoms with Gasteiger partial charge in [-0.2, -0.15) is 9.40 Å². The second kappa shape index (κ2) is 8.00. The Bertz CT molecular complexity index is 1050. The van der Waals surface area contributed by atoms with Crippen LogP contribution in [0.5, 0.6) is 0 Å². The van der Waals surface area contributed by atoms with Crippen LogP contribution in [0.2, 0.25) is 0 Å². The molecule has 1 saturated heterocycles. The molecule has 0 spiro atoms. The SMILES string of the molecule is CC(C)n1cc(S(=O)(=O)N2CCN(c3ccccc3)CC2)c(-c2ccccc2)n1. The molecule has 1 fully saturated rings. The molecule has 3 aromatic rings. The third-order valence-corrected chi connectivity index (χ3v) is 7.15. The van der Waals surface area contributed by atoms with Crippen molar-refractivity contribution in [2.75, 3.05) is 31.1 Å². The molecule has 2 heterocycles. The van der Waals surface area contributed by atoms with E-state index in [0.29, 0.717) is 31.9 Å². The maximum Gasteiger partial charge on any atom is 0.246 e. The second-order valence-electron chi connectivity index (χ2n) is 7.51. The van der Waals surface area contributed by atoms with Gasteiger partial charge in [0, 0.05) is 49.7 Å². The van der Waals surface area contributed by atoms with Crippen molar-refractivity contribution >= 4 is 15.7 Å². The van der Waals surface area contributed by atoms with Crippen molar-refractivity contribution in [3.05, 3.63) is 66.9 Å². The minimum Gasteiger partial charge on any atom is -0.369 e. The number of anilines is 1. The Morgan fingerprint density at radius 2 is 1.45 bits per heavy atom. The summed E-state index contributed by atoms with van der Waals surface area (Å²) < 4.78 is 30.3. The Morgan fingerprint density at radius 3 is 2.03 bits per heavy atom. The number of para-hydroxylation sites is 1. The summed E-state index contributed by atoms with van der Waals surface area (Å²) in [5.41, 5.74) is 2.46. The minimum atomic E-state index is -3.64. The molecule has 29 heavy (non-hydrogen) atoms. The lowest BCUT2D eigenvalue weighted by molar-refractivity contribution is 0.385. The fourth-order valence-corrected chi connectivity index (χ4v) is 5.16. The number of hydrogen-bond acceptors (Lipinski definition) is 4. The van der Waals surface area contributed by atoms with Gasteiger partial charge >= 0.3 is 0 Å². The Kier molecular flexibility index (Phi) is 5.43. The molecule has 2 aromatic carbocycles. The second-order valence-corrected chi connectivity index (χ2v) is 9.41. The topological polar surface area (TPSA) is 58.4 Å². The van der Waals surface area contributed by atoms with Crippen molar-refractivity contribution in [1.29, 1.82) is 0 Å². The first-order chi connectivity index (χ1) is 14.0. The van der Waals surface area contributed by atoms with Gasteiger partial charge in [0.05, 0.1) is 0 Å². The van der Waals surface area contributed by atoms with Gasteiger partial charge in [-0.1, -0.05) is 48.5 Å². The van der Waals surface area contributed by atoms with E-state index in [4.69, 9.17) is 0 Å². The summed E-state index contributed by atoms with van der Waals surface area (Å²) in [5.74, 6) is 0. The largest absolute Gasteiger partial charge is 0.369 e. The van der Waals surface area contributed by atoms with Crippen LogP contribution < -0.4 is 4.90 Å². The van der Waals surface area contributed by atoms with E-state index in [1.165, 1.54) is 0 Å². The third kappa shape index (κ3) is 3.93. The third-order valence-electron chi connectivity index (χ3n) is 5.25. The van der Waals surface area contributed by atoms with Crippen LogP contribution >= 0.6 is 0 Å². The standard InChI is InChI=1S/C22H26N4O2S/c1-18(2)26-17-21(22(23-26)19-9-5-3-6-10-19)29(27,28)25-15-13-24(14-16-25)20-11-7-4-8-12-20/h3-12,17-18H,13-16H2,1-2H3. The molecular weight excluding hydrogens is 384 g/mol. The van der Waals surface area contributed by atoms with E-state index in [1.54, 1.807) is 15.2 Å². The van der Waals surface area contributed by atoms with Crippen LogP contribution in [0, 0.1) is 0 Å². The van der Waals surface area contributed by atoms with E-state index in [0.717, 1.165) is 11.3 Å². The highest BCUT2D eigenvalue weighted by Gasteiger charge is 2.33. The van der Waals surface area contributed by atoms with Gasteiger partial charge < -0.3 is 4.90 Å².